The van der Waals surface area contributed by atoms with Crippen LogP contribution in [0.15, 0.2) is 12.2 Å². The molecule has 0 radical (unpaired) electrons. The number of hydrogen-bond acceptors (Lipinski definition) is 13. The van der Waals surface area contributed by atoms with Crippen molar-refractivity contribution in [3.63, 3.8) is 0 Å². The van der Waals surface area contributed by atoms with Gasteiger partial charge in [0.15, 0.2) is 18.4 Å². The van der Waals surface area contributed by atoms with Crippen LogP contribution in [0.5, 0.6) is 0 Å². The van der Waals surface area contributed by atoms with Crippen LogP contribution >= 0.6 is 0 Å². The topological polar surface area (TPSA) is 163 Å². The molecule has 13 heteroatoms. The minimum atomic E-state index is -1.13. The van der Waals surface area contributed by atoms with Gasteiger partial charge in [-0.3, -0.25) is 9.59 Å². The number of esters is 1. The first-order chi connectivity index (χ1) is 24.6. The molecule has 3 aliphatic rings. The average Bonchev–Trinajstić information content (AvgIpc) is 3.10. The van der Waals surface area contributed by atoms with Crippen molar-refractivity contribution in [1.29, 1.82) is 0 Å². The molecule has 3 N–H and O–H groups in total. The molecule has 0 aromatic carbocycles. The molecule has 0 aliphatic carbocycles. The Kier molecular flexibility index (Phi) is 18.1. The zero-order chi connectivity index (χ0) is 38.9. The van der Waals surface area contributed by atoms with Crippen molar-refractivity contribution in [3.05, 3.63) is 12.2 Å². The molecule has 0 aromatic rings. The number of ether oxygens (including phenoxy) is 7. The highest BCUT2D eigenvalue weighted by Crippen LogP contribution is 2.35. The van der Waals surface area contributed by atoms with Crippen LogP contribution < -0.4 is 0 Å². The summed E-state index contributed by atoms with van der Waals surface area (Å²) in [6, 6.07) is -0.188. The van der Waals surface area contributed by atoms with Crippen LogP contribution in [0.1, 0.15) is 87.0 Å². The lowest BCUT2D eigenvalue weighted by Crippen LogP contribution is -2.59. The quantitative estimate of drug-likeness (QED) is 0.279. The Labute approximate surface area is 311 Å². The van der Waals surface area contributed by atoms with E-state index in [1.807, 2.05) is 66.6 Å². The van der Waals surface area contributed by atoms with Crippen molar-refractivity contribution in [2.45, 2.75) is 161 Å². The molecule has 0 aromatic heterocycles. The molecule has 3 rings (SSSR count). The van der Waals surface area contributed by atoms with Crippen LogP contribution in [-0.4, -0.2) is 140 Å². The number of aliphatic hydroxyl groups is 3. The fourth-order valence-electron chi connectivity index (χ4n) is 8.05. The SMILES string of the molecule is CCC1C[C@@H](C)C(=O)/C=C/[C@@H](C)C[C@H](COC2O[C@H](C)[C@@H](O)[C@@H](OC)[C@H]2OC)[C@@H](CC)OC(=O)C[C@@H](O)[C@H](C)[C@H]1O[C@@H]1O[C@H](C)C[C@H](N(C)C)[C@H]1O. The number of rotatable bonds is 10. The number of aliphatic hydroxyl groups excluding tert-OH is 3. The van der Waals surface area contributed by atoms with E-state index in [4.69, 9.17) is 33.2 Å². The van der Waals surface area contributed by atoms with E-state index < -0.39 is 73.3 Å². The molecule has 0 spiro atoms. The highest BCUT2D eigenvalue weighted by Gasteiger charge is 2.46. The highest BCUT2D eigenvalue weighted by atomic mass is 16.7. The monoisotopic (exact) mass is 743 g/mol. The normalized spacial score (nSPS) is 44.0. The Bertz CT molecular complexity index is 1120. The molecular formula is C39H69NO12. The first kappa shape index (κ1) is 44.9. The fraction of sp³-hybridized carbons (Fsp3) is 0.897. The van der Waals surface area contributed by atoms with E-state index >= 15 is 0 Å². The Morgan fingerprint density at radius 2 is 1.50 bits per heavy atom. The van der Waals surface area contributed by atoms with Crippen LogP contribution in [0, 0.1) is 29.6 Å². The molecule has 0 saturated carbocycles. The van der Waals surface area contributed by atoms with Gasteiger partial charge in [-0.1, -0.05) is 47.1 Å². The number of carbonyl (C=O) groups excluding carboxylic acids is 2. The van der Waals surface area contributed by atoms with E-state index in [0.717, 1.165) is 0 Å². The van der Waals surface area contributed by atoms with Crippen molar-refractivity contribution < 1.29 is 58.1 Å². The van der Waals surface area contributed by atoms with Crippen LogP contribution in [0.3, 0.4) is 0 Å². The minimum absolute atomic E-state index is 0.0115. The maximum atomic E-state index is 13.6. The van der Waals surface area contributed by atoms with E-state index in [2.05, 4.69) is 0 Å². The lowest BCUT2D eigenvalue weighted by molar-refractivity contribution is -0.305. The first-order valence-electron chi connectivity index (χ1n) is 19.3. The molecule has 0 bridgehead atoms. The highest BCUT2D eigenvalue weighted by molar-refractivity contribution is 5.91. The van der Waals surface area contributed by atoms with E-state index in [1.54, 1.807) is 13.0 Å². The lowest BCUT2D eigenvalue weighted by atomic mass is 9.79. The molecule has 3 aliphatic heterocycles. The molecule has 2 unspecified atom stereocenters. The molecule has 3 heterocycles. The second-order valence-corrected chi connectivity index (χ2v) is 15.7. The third kappa shape index (κ3) is 11.7. The lowest BCUT2D eigenvalue weighted by Gasteiger charge is -2.44. The minimum Gasteiger partial charge on any atom is -0.462 e. The van der Waals surface area contributed by atoms with Gasteiger partial charge in [-0.25, -0.2) is 0 Å². The molecule has 0 amide bonds. The Morgan fingerprint density at radius 3 is 2.10 bits per heavy atom. The molecular weight excluding hydrogens is 674 g/mol. The zero-order valence-electron chi connectivity index (χ0n) is 33.4. The Morgan fingerprint density at radius 1 is 0.827 bits per heavy atom. The second kappa shape index (κ2) is 21.0. The number of allylic oxidation sites excluding steroid dienone is 2. The van der Waals surface area contributed by atoms with Crippen molar-refractivity contribution in [2.75, 3.05) is 34.9 Å². The van der Waals surface area contributed by atoms with Gasteiger partial charge in [0.2, 0.25) is 0 Å². The van der Waals surface area contributed by atoms with E-state index in [0.29, 0.717) is 32.1 Å². The number of carbonyl (C=O) groups is 2. The third-order valence-corrected chi connectivity index (χ3v) is 11.5. The molecule has 13 nitrogen and oxygen atoms in total. The maximum absolute atomic E-state index is 13.6. The van der Waals surface area contributed by atoms with Gasteiger partial charge in [-0.05, 0) is 71.5 Å². The largest absolute Gasteiger partial charge is 0.462 e. The van der Waals surface area contributed by atoms with E-state index in [-0.39, 0.29) is 54.6 Å². The Balaban J connectivity index is 1.90. The fourth-order valence-corrected chi connectivity index (χ4v) is 8.05. The average molecular weight is 744 g/mol. The Hall–Kier alpha value is -1.52. The predicted molar refractivity (Wildman–Crippen MR) is 194 cm³/mol. The van der Waals surface area contributed by atoms with Crippen molar-refractivity contribution >= 4 is 11.8 Å². The standard InChI is InChI=1S/C39H69NO12/c1-12-26-17-22(4)29(41)15-14-21(3)16-27(20-48-39-37(47-11)36(46-10)33(44)25(7)50-39)31(13-2)51-32(43)19-30(42)24(6)35(26)52-38-34(45)28(40(8)9)18-23(5)49-38/h14-15,21-28,30-31,33-39,42,44-45H,12-13,16-20H2,1-11H3/b15-14+/t21-,22-,23-,24+,25-,26?,27-,28+,30-,31-,33-,34-,35-,36-,37-,38+,39?/m1/s1. The van der Waals surface area contributed by atoms with Gasteiger partial charge in [0, 0.05) is 38.0 Å². The summed E-state index contributed by atoms with van der Waals surface area (Å²) in [6.45, 7) is 13.5. The van der Waals surface area contributed by atoms with Gasteiger partial charge in [-0.15, -0.1) is 0 Å². The number of likely N-dealkylation sites (N-methyl/N-ethyl adjacent to an activating group) is 1. The zero-order valence-corrected chi connectivity index (χ0v) is 33.4. The van der Waals surface area contributed by atoms with Crippen LogP contribution in [0.2, 0.25) is 0 Å². The smallest absolute Gasteiger partial charge is 0.308 e. The van der Waals surface area contributed by atoms with Gasteiger partial charge < -0.3 is 53.4 Å². The number of hydrogen-bond donors (Lipinski definition) is 3. The second-order valence-electron chi connectivity index (χ2n) is 15.7. The van der Waals surface area contributed by atoms with Gasteiger partial charge in [0.05, 0.1) is 37.4 Å². The summed E-state index contributed by atoms with van der Waals surface area (Å²) in [4.78, 5) is 29.1. The van der Waals surface area contributed by atoms with Crippen LogP contribution in [0.25, 0.3) is 0 Å². The summed E-state index contributed by atoms with van der Waals surface area (Å²) in [6.07, 6.45) is -1.97. The summed E-state index contributed by atoms with van der Waals surface area (Å²) >= 11 is 0. The first-order valence-corrected chi connectivity index (χ1v) is 19.3. The number of cyclic esters (lactones) is 1. The van der Waals surface area contributed by atoms with Gasteiger partial charge >= 0.3 is 5.97 Å². The number of ketones is 1. The van der Waals surface area contributed by atoms with Crippen molar-refractivity contribution in [1.82, 2.24) is 4.90 Å². The van der Waals surface area contributed by atoms with Crippen LogP contribution in [-0.2, 0) is 42.7 Å². The van der Waals surface area contributed by atoms with E-state index in [1.165, 1.54) is 14.2 Å². The third-order valence-electron chi connectivity index (χ3n) is 11.5. The van der Waals surface area contributed by atoms with Crippen LogP contribution in [0.4, 0.5) is 0 Å². The van der Waals surface area contributed by atoms with Gasteiger partial charge in [-0.2, -0.15) is 0 Å². The number of nitrogens with zero attached hydrogens (tertiary/aromatic N) is 1. The van der Waals surface area contributed by atoms with Gasteiger partial charge in [0.1, 0.15) is 30.5 Å². The van der Waals surface area contributed by atoms with Gasteiger partial charge in [0.25, 0.3) is 0 Å². The van der Waals surface area contributed by atoms with E-state index in [9.17, 15) is 24.9 Å². The summed E-state index contributed by atoms with van der Waals surface area (Å²) in [5.74, 6) is -1.99. The predicted octanol–water partition coefficient (Wildman–Crippen LogP) is 3.49. The molecule has 2 saturated heterocycles. The summed E-state index contributed by atoms with van der Waals surface area (Å²) in [5, 5.41) is 33.5. The summed E-state index contributed by atoms with van der Waals surface area (Å²) in [7, 11) is 6.82. The number of methoxy groups -OCH3 is 2. The molecule has 17 atom stereocenters. The molecule has 302 valence electrons. The summed E-state index contributed by atoms with van der Waals surface area (Å²) in [5.41, 5.74) is 0. The summed E-state index contributed by atoms with van der Waals surface area (Å²) < 4.78 is 42.3. The van der Waals surface area contributed by atoms with Crippen molar-refractivity contribution in [2.24, 2.45) is 29.6 Å². The molecule has 2 fully saturated rings. The molecule has 52 heavy (non-hydrogen) atoms. The maximum Gasteiger partial charge on any atom is 0.308 e. The van der Waals surface area contributed by atoms with Crippen molar-refractivity contribution in [3.8, 4) is 0 Å².